The Morgan fingerprint density at radius 1 is 1.37 bits per heavy atom. The van der Waals surface area contributed by atoms with Crippen LogP contribution >= 0.6 is 12.2 Å². The fourth-order valence-electron chi connectivity index (χ4n) is 1.70. The first kappa shape index (κ1) is 16.4. The van der Waals surface area contributed by atoms with Gasteiger partial charge in [-0.3, -0.25) is 0 Å². The van der Waals surface area contributed by atoms with Gasteiger partial charge < -0.3 is 25.2 Å². The SMILES string of the molecule is CN(C)C(=S)NC1COC(CC(F)(F)F)C(O)C1O. The average molecular weight is 302 g/mol. The first-order chi connectivity index (χ1) is 8.61. The molecule has 0 bridgehead atoms. The van der Waals surface area contributed by atoms with E-state index in [1.54, 1.807) is 19.0 Å². The topological polar surface area (TPSA) is 65.0 Å². The molecule has 1 fully saturated rings. The molecule has 0 aromatic heterocycles. The summed E-state index contributed by atoms with van der Waals surface area (Å²) in [6.45, 7) is -0.160. The molecule has 5 nitrogen and oxygen atoms in total. The van der Waals surface area contributed by atoms with E-state index in [1.807, 2.05) is 0 Å². The number of aliphatic hydroxyl groups is 2. The molecule has 1 saturated heterocycles. The Kier molecular flexibility index (Phi) is 5.36. The Balaban J connectivity index is 2.59. The highest BCUT2D eigenvalue weighted by molar-refractivity contribution is 7.80. The van der Waals surface area contributed by atoms with Gasteiger partial charge in [0.1, 0.15) is 12.2 Å². The molecule has 0 aromatic carbocycles. The van der Waals surface area contributed by atoms with E-state index < -0.39 is 37.0 Å². The number of hydrogen-bond acceptors (Lipinski definition) is 4. The predicted molar refractivity (Wildman–Crippen MR) is 65.6 cm³/mol. The standard InChI is InChI=1S/C10H17F3N2O3S/c1-15(2)9(19)14-5-4-18-6(3-10(11,12)13)8(17)7(5)16/h5-8,16-17H,3-4H2,1-2H3,(H,14,19). The lowest BCUT2D eigenvalue weighted by Gasteiger charge is -2.39. The molecule has 112 valence electrons. The average Bonchev–Trinajstić information content (AvgIpc) is 2.27. The molecule has 0 aliphatic carbocycles. The van der Waals surface area contributed by atoms with Crippen molar-refractivity contribution in [2.24, 2.45) is 0 Å². The molecular weight excluding hydrogens is 285 g/mol. The summed E-state index contributed by atoms with van der Waals surface area (Å²) in [5.41, 5.74) is 0. The lowest BCUT2D eigenvalue weighted by atomic mass is 9.96. The number of nitrogens with zero attached hydrogens (tertiary/aromatic N) is 1. The maximum atomic E-state index is 12.2. The van der Waals surface area contributed by atoms with Gasteiger partial charge in [-0.15, -0.1) is 0 Å². The number of halogens is 3. The summed E-state index contributed by atoms with van der Waals surface area (Å²) in [7, 11) is 3.35. The summed E-state index contributed by atoms with van der Waals surface area (Å²) >= 11 is 4.95. The van der Waals surface area contributed by atoms with Gasteiger partial charge in [-0.05, 0) is 12.2 Å². The molecule has 1 aliphatic rings. The van der Waals surface area contributed by atoms with Crippen LogP contribution in [0.3, 0.4) is 0 Å². The summed E-state index contributed by atoms with van der Waals surface area (Å²) in [6, 6.07) is -0.741. The molecule has 4 atom stereocenters. The van der Waals surface area contributed by atoms with Crippen molar-refractivity contribution >= 4 is 17.3 Å². The number of ether oxygens (including phenoxy) is 1. The van der Waals surface area contributed by atoms with Crippen LogP contribution in [0.5, 0.6) is 0 Å². The monoisotopic (exact) mass is 302 g/mol. The number of hydrogen-bond donors (Lipinski definition) is 3. The zero-order valence-electron chi connectivity index (χ0n) is 10.5. The van der Waals surface area contributed by atoms with Crippen molar-refractivity contribution in [3.8, 4) is 0 Å². The molecule has 3 N–H and O–H groups in total. The summed E-state index contributed by atoms with van der Waals surface area (Å²) in [6.07, 6.45) is -10.2. The third kappa shape index (κ3) is 4.75. The van der Waals surface area contributed by atoms with E-state index in [0.717, 1.165) is 0 Å². The van der Waals surface area contributed by atoms with Crippen LogP contribution in [0.15, 0.2) is 0 Å². The van der Waals surface area contributed by atoms with Crippen LogP contribution in [0.1, 0.15) is 6.42 Å². The Morgan fingerprint density at radius 2 is 1.95 bits per heavy atom. The molecule has 0 saturated carbocycles. The highest BCUT2D eigenvalue weighted by Gasteiger charge is 2.44. The summed E-state index contributed by atoms with van der Waals surface area (Å²) in [4.78, 5) is 1.57. The van der Waals surface area contributed by atoms with Crippen LogP contribution in [0.2, 0.25) is 0 Å². The summed E-state index contributed by atoms with van der Waals surface area (Å²) in [5.74, 6) is 0. The van der Waals surface area contributed by atoms with Crippen LogP contribution in [0.4, 0.5) is 13.2 Å². The lowest BCUT2D eigenvalue weighted by Crippen LogP contribution is -2.60. The minimum absolute atomic E-state index is 0.160. The summed E-state index contributed by atoms with van der Waals surface area (Å²) in [5, 5.41) is 22.5. The van der Waals surface area contributed by atoms with Crippen LogP contribution in [0, 0.1) is 0 Å². The van der Waals surface area contributed by atoms with Crippen LogP contribution < -0.4 is 5.32 Å². The Labute approximate surface area is 114 Å². The number of rotatable bonds is 2. The maximum absolute atomic E-state index is 12.2. The smallest absolute Gasteiger partial charge is 0.388 e. The van der Waals surface area contributed by atoms with Gasteiger partial charge in [0.2, 0.25) is 0 Å². The molecule has 1 heterocycles. The van der Waals surface area contributed by atoms with Crippen molar-refractivity contribution in [2.75, 3.05) is 20.7 Å². The van der Waals surface area contributed by atoms with E-state index >= 15 is 0 Å². The first-order valence-electron chi connectivity index (χ1n) is 5.64. The normalized spacial score (nSPS) is 31.9. The van der Waals surface area contributed by atoms with Gasteiger partial charge in [0, 0.05) is 14.1 Å². The van der Waals surface area contributed by atoms with Gasteiger partial charge in [-0.1, -0.05) is 0 Å². The van der Waals surface area contributed by atoms with Gasteiger partial charge in [0.25, 0.3) is 0 Å². The molecule has 9 heteroatoms. The number of nitrogens with one attached hydrogen (secondary N) is 1. The summed E-state index contributed by atoms with van der Waals surface area (Å²) < 4.78 is 41.7. The van der Waals surface area contributed by atoms with Gasteiger partial charge in [-0.2, -0.15) is 13.2 Å². The highest BCUT2D eigenvalue weighted by Crippen LogP contribution is 2.28. The van der Waals surface area contributed by atoms with E-state index in [4.69, 9.17) is 17.0 Å². The molecule has 19 heavy (non-hydrogen) atoms. The number of thiocarbonyl (C=S) groups is 1. The predicted octanol–water partition coefficient (Wildman–Crippen LogP) is -0.136. The van der Waals surface area contributed by atoms with Crippen LogP contribution in [-0.4, -0.2) is 71.5 Å². The lowest BCUT2D eigenvalue weighted by molar-refractivity contribution is -0.206. The second-order valence-corrected chi connectivity index (χ2v) is 5.01. The third-order valence-electron chi connectivity index (χ3n) is 2.78. The van der Waals surface area contributed by atoms with Crippen molar-refractivity contribution in [1.82, 2.24) is 10.2 Å². The molecule has 1 aliphatic heterocycles. The molecule has 0 radical (unpaired) electrons. The van der Waals surface area contributed by atoms with Gasteiger partial charge in [0.15, 0.2) is 5.11 Å². The van der Waals surface area contributed by atoms with Crippen molar-refractivity contribution in [3.05, 3.63) is 0 Å². The van der Waals surface area contributed by atoms with E-state index in [9.17, 15) is 23.4 Å². The molecule has 0 amide bonds. The van der Waals surface area contributed by atoms with Crippen LogP contribution in [0.25, 0.3) is 0 Å². The maximum Gasteiger partial charge on any atom is 0.391 e. The first-order valence-corrected chi connectivity index (χ1v) is 6.05. The van der Waals surface area contributed by atoms with E-state index in [2.05, 4.69) is 5.32 Å². The van der Waals surface area contributed by atoms with Crippen molar-refractivity contribution in [3.63, 3.8) is 0 Å². The van der Waals surface area contributed by atoms with Gasteiger partial charge in [0.05, 0.1) is 25.2 Å². The quantitative estimate of drug-likeness (QED) is 0.617. The second kappa shape index (κ2) is 6.21. The highest BCUT2D eigenvalue weighted by atomic mass is 32.1. The molecule has 0 spiro atoms. The van der Waals surface area contributed by atoms with E-state index in [1.165, 1.54) is 0 Å². The molecular formula is C10H17F3N2O3S. The van der Waals surface area contributed by atoms with Gasteiger partial charge >= 0.3 is 6.18 Å². The Morgan fingerprint density at radius 3 is 2.42 bits per heavy atom. The fraction of sp³-hybridized carbons (Fsp3) is 0.900. The minimum Gasteiger partial charge on any atom is -0.388 e. The van der Waals surface area contributed by atoms with Gasteiger partial charge in [-0.25, -0.2) is 0 Å². The molecule has 4 unspecified atom stereocenters. The van der Waals surface area contributed by atoms with Crippen molar-refractivity contribution in [1.29, 1.82) is 0 Å². The van der Waals surface area contributed by atoms with Crippen molar-refractivity contribution < 1.29 is 28.1 Å². The molecule has 1 rings (SSSR count). The van der Waals surface area contributed by atoms with Crippen molar-refractivity contribution in [2.45, 2.75) is 37.0 Å². The second-order valence-electron chi connectivity index (χ2n) is 4.62. The zero-order valence-corrected chi connectivity index (χ0v) is 11.3. The van der Waals surface area contributed by atoms with E-state index in [-0.39, 0.29) is 6.61 Å². The third-order valence-corrected chi connectivity index (χ3v) is 3.26. The zero-order chi connectivity index (χ0) is 14.8. The minimum atomic E-state index is -4.45. The molecule has 0 aromatic rings. The fourth-order valence-corrected chi connectivity index (χ4v) is 1.86. The van der Waals surface area contributed by atoms with Crippen LogP contribution in [-0.2, 0) is 4.74 Å². The van der Waals surface area contributed by atoms with E-state index in [0.29, 0.717) is 5.11 Å². The largest absolute Gasteiger partial charge is 0.391 e. The Bertz CT molecular complexity index is 328. The number of alkyl halides is 3. The Hall–Kier alpha value is -0.640. The number of aliphatic hydroxyl groups excluding tert-OH is 2.